The van der Waals surface area contributed by atoms with Crippen molar-refractivity contribution in [3.05, 3.63) is 29.1 Å². The van der Waals surface area contributed by atoms with Crippen molar-refractivity contribution in [3.8, 4) is 11.0 Å². The van der Waals surface area contributed by atoms with Crippen LogP contribution in [0.5, 0.6) is 11.0 Å². The van der Waals surface area contributed by atoms with Gasteiger partial charge in [0.05, 0.1) is 4.88 Å². The lowest BCUT2D eigenvalue weighted by atomic mass is 9.95. The predicted molar refractivity (Wildman–Crippen MR) is 81.4 cm³/mol. The number of rotatable bonds is 4. The van der Waals surface area contributed by atoms with Crippen LogP contribution >= 0.6 is 11.3 Å². The van der Waals surface area contributed by atoms with Crippen LogP contribution in [0.2, 0.25) is 0 Å². The Hall–Kier alpha value is -1.86. The number of hydrogen-bond acceptors (Lipinski definition) is 6. The van der Waals surface area contributed by atoms with Crippen molar-refractivity contribution < 1.29 is 13.9 Å². The number of nitrogens with one attached hydrogen (secondary N) is 2. The fraction of sp³-hybridized carbons (Fsp3) is 0.467. The maximum Gasteiger partial charge on any atom is 0.311 e. The van der Waals surface area contributed by atoms with E-state index < -0.39 is 0 Å². The molecule has 0 aliphatic carbocycles. The van der Waals surface area contributed by atoms with Crippen LogP contribution < -0.4 is 15.4 Å². The molecule has 2 N–H and O–H groups in total. The van der Waals surface area contributed by atoms with Gasteiger partial charge in [0.2, 0.25) is 0 Å². The highest BCUT2D eigenvalue weighted by atomic mass is 32.1. The van der Waals surface area contributed by atoms with Gasteiger partial charge in [0.15, 0.2) is 11.0 Å². The minimum absolute atomic E-state index is 0.0343. The first kappa shape index (κ1) is 13.8. The predicted octanol–water partition coefficient (Wildman–Crippen LogP) is 2.46. The highest BCUT2D eigenvalue weighted by molar-refractivity contribution is 7.15. The molecule has 2 aliphatic heterocycles. The Labute approximate surface area is 131 Å². The Morgan fingerprint density at radius 1 is 1.50 bits per heavy atom. The molecule has 0 saturated carbocycles. The summed E-state index contributed by atoms with van der Waals surface area (Å²) in [5.74, 6) is 0.852. The first-order valence-electron chi connectivity index (χ1n) is 7.44. The normalized spacial score (nSPS) is 26.3. The summed E-state index contributed by atoms with van der Waals surface area (Å²) in [6.07, 6.45) is 4.93. The second-order valence-corrected chi connectivity index (χ2v) is 6.83. The minimum Gasteiger partial charge on any atom is -0.414 e. The topological polar surface area (TPSA) is 76.4 Å². The van der Waals surface area contributed by atoms with E-state index in [2.05, 4.69) is 15.6 Å². The molecule has 7 heteroatoms. The molecule has 0 unspecified atom stereocenters. The Morgan fingerprint density at radius 2 is 2.41 bits per heavy atom. The minimum atomic E-state index is -0.0343. The van der Waals surface area contributed by atoms with Crippen molar-refractivity contribution in [2.75, 3.05) is 0 Å². The highest BCUT2D eigenvalue weighted by Gasteiger charge is 2.39. The molecule has 22 heavy (non-hydrogen) atoms. The molecule has 2 aliphatic rings. The van der Waals surface area contributed by atoms with Crippen LogP contribution in [-0.2, 0) is 0 Å². The van der Waals surface area contributed by atoms with Gasteiger partial charge in [0, 0.05) is 25.0 Å². The third-order valence-electron chi connectivity index (χ3n) is 4.22. The summed E-state index contributed by atoms with van der Waals surface area (Å²) in [5.41, 5.74) is 0. The van der Waals surface area contributed by atoms with Crippen LogP contribution in [0.15, 0.2) is 22.7 Å². The number of oxazole rings is 1. The van der Waals surface area contributed by atoms with E-state index in [1.54, 1.807) is 19.1 Å². The summed E-state index contributed by atoms with van der Waals surface area (Å²) in [6.45, 7) is 1.75. The van der Waals surface area contributed by atoms with Crippen molar-refractivity contribution >= 4 is 17.2 Å². The second-order valence-electron chi connectivity index (χ2n) is 5.78. The zero-order valence-corrected chi connectivity index (χ0v) is 13.0. The number of fused-ring (bicyclic) bond motifs is 2. The summed E-state index contributed by atoms with van der Waals surface area (Å²) in [4.78, 5) is 16.9. The fourth-order valence-corrected chi connectivity index (χ4v) is 3.97. The van der Waals surface area contributed by atoms with Gasteiger partial charge in [-0.05, 0) is 31.4 Å². The van der Waals surface area contributed by atoms with Gasteiger partial charge >= 0.3 is 5.95 Å². The van der Waals surface area contributed by atoms with E-state index in [4.69, 9.17) is 9.15 Å². The Bertz CT molecular complexity index is 696. The number of nitrogens with zero attached hydrogens (tertiary/aromatic N) is 1. The monoisotopic (exact) mass is 319 g/mol. The third-order valence-corrected chi connectivity index (χ3v) is 5.18. The third kappa shape index (κ3) is 2.62. The molecule has 3 atom stereocenters. The molecule has 1 amide bonds. The van der Waals surface area contributed by atoms with Crippen LogP contribution in [0.25, 0.3) is 0 Å². The van der Waals surface area contributed by atoms with E-state index in [0.29, 0.717) is 33.9 Å². The largest absolute Gasteiger partial charge is 0.414 e. The number of hydrogen-bond donors (Lipinski definition) is 2. The average Bonchev–Trinajstić information content (AvgIpc) is 3.24. The van der Waals surface area contributed by atoms with Crippen molar-refractivity contribution in [2.24, 2.45) is 0 Å². The lowest BCUT2D eigenvalue weighted by Crippen LogP contribution is -2.42. The first-order valence-corrected chi connectivity index (χ1v) is 8.26. The molecule has 2 aromatic heterocycles. The Balaban J connectivity index is 1.39. The molecule has 0 aromatic carbocycles. The van der Waals surface area contributed by atoms with Crippen LogP contribution in [0, 0.1) is 6.92 Å². The van der Waals surface area contributed by atoms with Gasteiger partial charge in [-0.25, -0.2) is 4.98 Å². The molecule has 2 saturated heterocycles. The van der Waals surface area contributed by atoms with Gasteiger partial charge in [-0.3, -0.25) is 4.79 Å². The molecule has 2 fully saturated rings. The number of aryl methyl sites for hydroxylation is 1. The Kier molecular flexibility index (Phi) is 3.38. The van der Waals surface area contributed by atoms with E-state index in [0.717, 1.165) is 12.8 Å². The van der Waals surface area contributed by atoms with Crippen molar-refractivity contribution in [2.45, 2.75) is 44.3 Å². The molecule has 6 nitrogen and oxygen atoms in total. The second kappa shape index (κ2) is 5.40. The summed E-state index contributed by atoms with van der Waals surface area (Å²) in [7, 11) is 0. The lowest BCUT2D eigenvalue weighted by Gasteiger charge is -2.20. The Morgan fingerprint density at radius 3 is 3.09 bits per heavy atom. The molecule has 2 aromatic rings. The van der Waals surface area contributed by atoms with E-state index >= 15 is 0 Å². The van der Waals surface area contributed by atoms with Crippen LogP contribution in [0.4, 0.5) is 0 Å². The molecular formula is C15H17N3O3S. The molecule has 0 spiro atoms. The summed E-state index contributed by atoms with van der Waals surface area (Å²) in [6, 6.07) is 4.80. The van der Waals surface area contributed by atoms with Gasteiger partial charge in [-0.2, -0.15) is 0 Å². The molecular weight excluding hydrogens is 302 g/mol. The summed E-state index contributed by atoms with van der Waals surface area (Å²) >= 11 is 1.31. The smallest absolute Gasteiger partial charge is 0.311 e. The maximum atomic E-state index is 12.3. The van der Waals surface area contributed by atoms with E-state index in [9.17, 15) is 4.79 Å². The SMILES string of the molecule is Cc1ncc(Oc2ccc(C(=O)N[C@@H]3C[C@H]4CC[C@@H]3N4)s2)o1. The molecule has 4 heterocycles. The number of ether oxygens (including phenoxy) is 1. The van der Waals surface area contributed by atoms with Crippen molar-refractivity contribution in [1.29, 1.82) is 0 Å². The van der Waals surface area contributed by atoms with Gasteiger partial charge in [-0.1, -0.05) is 11.3 Å². The number of carbonyl (C=O) groups excluding carboxylic acids is 1. The average molecular weight is 319 g/mol. The number of carbonyl (C=O) groups is 1. The molecule has 116 valence electrons. The zero-order chi connectivity index (χ0) is 15.1. The van der Waals surface area contributed by atoms with Crippen LogP contribution in [-0.4, -0.2) is 29.0 Å². The maximum absolute atomic E-state index is 12.3. The molecule has 4 rings (SSSR count). The zero-order valence-electron chi connectivity index (χ0n) is 12.2. The summed E-state index contributed by atoms with van der Waals surface area (Å²) < 4.78 is 10.8. The van der Waals surface area contributed by atoms with E-state index in [1.807, 2.05) is 0 Å². The van der Waals surface area contributed by atoms with Gasteiger partial charge in [0.25, 0.3) is 5.91 Å². The standard InChI is InChI=1S/C15H17N3O3S/c1-8-16-7-13(20-8)21-14-5-4-12(22-14)15(19)18-11-6-9-2-3-10(11)17-9/h4-5,7,9-11,17H,2-3,6H2,1H3,(H,18,19)/t9-,10+,11-/m1/s1. The van der Waals surface area contributed by atoms with E-state index in [-0.39, 0.29) is 11.9 Å². The number of amides is 1. The fourth-order valence-electron chi connectivity index (χ4n) is 3.21. The number of thiophene rings is 1. The molecule has 2 bridgehead atoms. The van der Waals surface area contributed by atoms with Crippen LogP contribution in [0.1, 0.15) is 34.8 Å². The van der Waals surface area contributed by atoms with Crippen LogP contribution in [0.3, 0.4) is 0 Å². The first-order chi connectivity index (χ1) is 10.7. The van der Waals surface area contributed by atoms with E-state index in [1.165, 1.54) is 24.0 Å². The van der Waals surface area contributed by atoms with Gasteiger partial charge in [0.1, 0.15) is 6.20 Å². The van der Waals surface area contributed by atoms with Crippen molar-refractivity contribution in [3.63, 3.8) is 0 Å². The summed E-state index contributed by atoms with van der Waals surface area (Å²) in [5, 5.41) is 7.26. The van der Waals surface area contributed by atoms with Gasteiger partial charge < -0.3 is 19.8 Å². The lowest BCUT2D eigenvalue weighted by molar-refractivity contribution is 0.0935. The van der Waals surface area contributed by atoms with Crippen molar-refractivity contribution in [1.82, 2.24) is 15.6 Å². The number of aromatic nitrogens is 1. The van der Waals surface area contributed by atoms with Gasteiger partial charge in [-0.15, -0.1) is 0 Å². The molecule has 0 radical (unpaired) electrons. The highest BCUT2D eigenvalue weighted by Crippen LogP contribution is 2.31. The quantitative estimate of drug-likeness (QED) is 0.905.